The van der Waals surface area contributed by atoms with Crippen molar-refractivity contribution in [2.24, 2.45) is 11.1 Å². The van der Waals surface area contributed by atoms with Crippen LogP contribution in [0.3, 0.4) is 0 Å². The van der Waals surface area contributed by atoms with Crippen molar-refractivity contribution in [2.75, 3.05) is 12.3 Å². The lowest BCUT2D eigenvalue weighted by Crippen LogP contribution is -2.68. The molecule has 1 saturated heterocycles. The lowest BCUT2D eigenvalue weighted by molar-refractivity contribution is -0.171. The van der Waals surface area contributed by atoms with Gasteiger partial charge in [0, 0.05) is 12.3 Å². The molecule has 0 radical (unpaired) electrons. The number of amides is 2. The number of nitrogens with two attached hydrogens (primary N) is 1. The van der Waals surface area contributed by atoms with E-state index >= 15 is 0 Å². The predicted octanol–water partition coefficient (Wildman–Crippen LogP) is -0.466. The Labute approximate surface area is 106 Å². The maximum absolute atomic E-state index is 12.2. The van der Waals surface area contributed by atoms with Crippen LogP contribution in [0.25, 0.3) is 0 Å². The number of aliphatic hydroxyl groups is 1. The van der Waals surface area contributed by atoms with Gasteiger partial charge in [0.25, 0.3) is 0 Å². The van der Waals surface area contributed by atoms with Gasteiger partial charge in [0.1, 0.15) is 6.04 Å². The van der Waals surface area contributed by atoms with E-state index in [1.165, 1.54) is 4.90 Å². The zero-order valence-electron chi connectivity index (χ0n) is 9.63. The number of carbonyl (C=O) groups is 2. The maximum atomic E-state index is 12.2. The summed E-state index contributed by atoms with van der Waals surface area (Å²) < 4.78 is 0. The minimum Gasteiger partial charge on any atom is -0.393 e. The van der Waals surface area contributed by atoms with Gasteiger partial charge in [0.15, 0.2) is 0 Å². The molecule has 1 saturated carbocycles. The van der Waals surface area contributed by atoms with Crippen molar-refractivity contribution in [3.05, 3.63) is 0 Å². The minimum atomic E-state index is -0.594. The molecule has 0 aromatic rings. The van der Waals surface area contributed by atoms with Gasteiger partial charge in [-0.05, 0) is 25.7 Å². The van der Waals surface area contributed by atoms with Crippen molar-refractivity contribution >= 4 is 24.4 Å². The van der Waals surface area contributed by atoms with Gasteiger partial charge in [-0.15, -0.1) is 0 Å². The predicted molar refractivity (Wildman–Crippen MR) is 65.5 cm³/mol. The third-order valence-corrected chi connectivity index (χ3v) is 4.32. The third-order valence-electron chi connectivity index (χ3n) is 3.98. The van der Waals surface area contributed by atoms with Gasteiger partial charge in [0.2, 0.25) is 11.8 Å². The van der Waals surface area contributed by atoms with Crippen LogP contribution in [0.2, 0.25) is 0 Å². The number of rotatable bonds is 3. The SMILES string of the molecule is NC(=O)[C@H](CS)N1CC2(CCC(O)CC2)C1=O. The first kappa shape index (κ1) is 12.7. The monoisotopic (exact) mass is 258 g/mol. The van der Waals surface area contributed by atoms with E-state index < -0.39 is 11.9 Å². The van der Waals surface area contributed by atoms with Crippen LogP contribution >= 0.6 is 12.6 Å². The Morgan fingerprint density at radius 1 is 1.59 bits per heavy atom. The van der Waals surface area contributed by atoms with E-state index in [-0.39, 0.29) is 23.2 Å². The number of aliphatic hydroxyl groups excluding tert-OH is 1. The van der Waals surface area contributed by atoms with Crippen LogP contribution < -0.4 is 5.73 Å². The van der Waals surface area contributed by atoms with Crippen molar-refractivity contribution < 1.29 is 14.7 Å². The second kappa shape index (κ2) is 4.49. The fourth-order valence-corrected chi connectivity index (χ4v) is 3.18. The van der Waals surface area contributed by atoms with E-state index in [2.05, 4.69) is 12.6 Å². The van der Waals surface area contributed by atoms with Crippen LogP contribution in [0, 0.1) is 5.41 Å². The molecule has 1 aliphatic carbocycles. The molecule has 2 amide bonds. The van der Waals surface area contributed by atoms with E-state index in [0.717, 1.165) is 0 Å². The van der Waals surface area contributed by atoms with Crippen LogP contribution in [0.1, 0.15) is 25.7 Å². The molecule has 3 N–H and O–H groups in total. The number of carbonyl (C=O) groups excluding carboxylic acids is 2. The molecular formula is C11H18N2O3S. The Morgan fingerprint density at radius 3 is 2.59 bits per heavy atom. The molecule has 6 heteroatoms. The molecule has 0 aromatic carbocycles. The van der Waals surface area contributed by atoms with Crippen LogP contribution in [0.5, 0.6) is 0 Å². The second-order valence-electron chi connectivity index (χ2n) is 5.05. The summed E-state index contributed by atoms with van der Waals surface area (Å²) in [6.07, 6.45) is 2.48. The molecule has 1 aliphatic heterocycles. The van der Waals surface area contributed by atoms with Crippen LogP contribution in [0.4, 0.5) is 0 Å². The lowest BCUT2D eigenvalue weighted by Gasteiger charge is -2.53. The number of hydrogen-bond donors (Lipinski definition) is 3. The summed E-state index contributed by atoms with van der Waals surface area (Å²) in [5.41, 5.74) is 4.90. The summed E-state index contributed by atoms with van der Waals surface area (Å²) in [6.45, 7) is 0.576. The topological polar surface area (TPSA) is 83.6 Å². The normalized spacial score (nSPS) is 34.6. The molecule has 1 spiro atoms. The summed E-state index contributed by atoms with van der Waals surface area (Å²) in [5.74, 6) is -0.235. The fourth-order valence-electron chi connectivity index (χ4n) is 2.80. The van der Waals surface area contributed by atoms with Crippen LogP contribution in [-0.4, -0.2) is 46.3 Å². The van der Waals surface area contributed by atoms with Crippen molar-refractivity contribution in [1.82, 2.24) is 4.90 Å². The fraction of sp³-hybridized carbons (Fsp3) is 0.818. The molecule has 17 heavy (non-hydrogen) atoms. The summed E-state index contributed by atoms with van der Waals surface area (Å²) in [7, 11) is 0. The highest BCUT2D eigenvalue weighted by atomic mass is 32.1. The molecule has 2 fully saturated rings. The van der Waals surface area contributed by atoms with Gasteiger partial charge >= 0.3 is 0 Å². The van der Waals surface area contributed by atoms with Gasteiger partial charge in [-0.2, -0.15) is 12.6 Å². The summed E-state index contributed by atoms with van der Waals surface area (Å²) in [5, 5.41) is 9.45. The van der Waals surface area contributed by atoms with E-state index in [0.29, 0.717) is 32.2 Å². The molecular weight excluding hydrogens is 240 g/mol. The van der Waals surface area contributed by atoms with E-state index in [1.54, 1.807) is 0 Å². The number of likely N-dealkylation sites (tertiary alicyclic amines) is 1. The maximum Gasteiger partial charge on any atom is 0.241 e. The Bertz CT molecular complexity index is 340. The average Bonchev–Trinajstić information content (AvgIpc) is 2.30. The van der Waals surface area contributed by atoms with Crippen molar-refractivity contribution in [3.63, 3.8) is 0 Å². The number of hydrogen-bond acceptors (Lipinski definition) is 4. The van der Waals surface area contributed by atoms with Gasteiger partial charge in [-0.1, -0.05) is 0 Å². The lowest BCUT2D eigenvalue weighted by atomic mass is 9.66. The van der Waals surface area contributed by atoms with Crippen molar-refractivity contribution in [1.29, 1.82) is 0 Å². The van der Waals surface area contributed by atoms with Gasteiger partial charge in [0.05, 0.1) is 11.5 Å². The largest absolute Gasteiger partial charge is 0.393 e. The standard InChI is InChI=1S/C11H18N2O3S/c12-9(15)8(5-17)13-6-11(10(13)16)3-1-7(14)2-4-11/h7-8,14,17H,1-6H2,(H2,12,15)/t7?,8-,11?/m0/s1. The summed E-state index contributed by atoms with van der Waals surface area (Å²) >= 11 is 4.05. The first-order chi connectivity index (χ1) is 8.00. The third kappa shape index (κ3) is 2.04. The number of nitrogens with zero attached hydrogens (tertiary/aromatic N) is 1. The smallest absolute Gasteiger partial charge is 0.241 e. The van der Waals surface area contributed by atoms with Crippen LogP contribution in [-0.2, 0) is 9.59 Å². The van der Waals surface area contributed by atoms with Crippen LogP contribution in [0.15, 0.2) is 0 Å². The molecule has 5 nitrogen and oxygen atoms in total. The number of thiol groups is 1. The minimum absolute atomic E-state index is 0.00208. The molecule has 1 atom stereocenters. The highest BCUT2D eigenvalue weighted by Gasteiger charge is 2.55. The van der Waals surface area contributed by atoms with Gasteiger partial charge in [-0.25, -0.2) is 0 Å². The highest BCUT2D eigenvalue weighted by molar-refractivity contribution is 7.80. The van der Waals surface area contributed by atoms with E-state index in [4.69, 9.17) is 5.73 Å². The molecule has 1 heterocycles. The molecule has 2 aliphatic rings. The van der Waals surface area contributed by atoms with E-state index in [9.17, 15) is 14.7 Å². The second-order valence-corrected chi connectivity index (χ2v) is 5.41. The van der Waals surface area contributed by atoms with E-state index in [1.807, 2.05) is 0 Å². The van der Waals surface area contributed by atoms with Crippen molar-refractivity contribution in [2.45, 2.75) is 37.8 Å². The van der Waals surface area contributed by atoms with Crippen molar-refractivity contribution in [3.8, 4) is 0 Å². The molecule has 0 unspecified atom stereocenters. The zero-order valence-corrected chi connectivity index (χ0v) is 10.5. The molecule has 2 rings (SSSR count). The Hall–Kier alpha value is -0.750. The Kier molecular flexibility index (Phi) is 3.36. The molecule has 0 aromatic heterocycles. The Balaban J connectivity index is 2.01. The number of primary amides is 1. The summed E-state index contributed by atoms with van der Waals surface area (Å²) in [4.78, 5) is 24.8. The summed E-state index contributed by atoms with van der Waals surface area (Å²) in [6, 6.07) is -0.594. The molecule has 96 valence electrons. The first-order valence-electron chi connectivity index (χ1n) is 5.89. The molecule has 0 bridgehead atoms. The zero-order chi connectivity index (χ0) is 12.6. The quantitative estimate of drug-likeness (QED) is 0.473. The van der Waals surface area contributed by atoms with Gasteiger partial charge < -0.3 is 15.7 Å². The van der Waals surface area contributed by atoms with Gasteiger partial charge in [-0.3, -0.25) is 9.59 Å². The Morgan fingerprint density at radius 2 is 2.18 bits per heavy atom. The first-order valence-corrected chi connectivity index (χ1v) is 6.53. The number of β-lactam (4-membered cyclic amide) rings is 1. The average molecular weight is 258 g/mol. The highest BCUT2D eigenvalue weighted by Crippen LogP contribution is 2.45.